The van der Waals surface area contributed by atoms with Gasteiger partial charge in [0.2, 0.25) is 5.91 Å². The van der Waals surface area contributed by atoms with Crippen LogP contribution in [0.1, 0.15) is 41.8 Å². The van der Waals surface area contributed by atoms with Crippen molar-refractivity contribution in [1.29, 1.82) is 0 Å². The Kier molecular flexibility index (Phi) is 4.46. The molecule has 1 N–H and O–H groups in total. The molecule has 2 aliphatic rings. The van der Waals surface area contributed by atoms with Crippen LogP contribution in [0.15, 0.2) is 48.7 Å². The van der Waals surface area contributed by atoms with E-state index in [1.165, 1.54) is 11.1 Å². The number of hydrogen-bond acceptors (Lipinski definition) is 5. The lowest BCUT2D eigenvalue weighted by atomic mass is 10.0. The van der Waals surface area contributed by atoms with Crippen molar-refractivity contribution in [2.45, 2.75) is 38.8 Å². The summed E-state index contributed by atoms with van der Waals surface area (Å²) in [4.78, 5) is 27.8. The van der Waals surface area contributed by atoms with E-state index in [1.807, 2.05) is 23.1 Å². The molecule has 0 saturated carbocycles. The van der Waals surface area contributed by atoms with Crippen LogP contribution in [0.5, 0.6) is 0 Å². The second kappa shape index (κ2) is 7.28. The summed E-state index contributed by atoms with van der Waals surface area (Å²) < 4.78 is 0. The van der Waals surface area contributed by atoms with Gasteiger partial charge in [-0.2, -0.15) is 0 Å². The van der Waals surface area contributed by atoms with Crippen molar-refractivity contribution in [3.05, 3.63) is 71.0 Å². The topological polar surface area (TPSA) is 71.0 Å². The lowest BCUT2D eigenvalue weighted by Crippen LogP contribution is -2.35. The Morgan fingerprint density at radius 1 is 1.10 bits per heavy atom. The second-order valence-corrected chi connectivity index (χ2v) is 7.66. The number of aromatic nitrogens is 3. The third-order valence-corrected chi connectivity index (χ3v) is 5.85. The lowest BCUT2D eigenvalue weighted by molar-refractivity contribution is -0.129. The highest BCUT2D eigenvalue weighted by molar-refractivity contribution is 5.74. The van der Waals surface area contributed by atoms with Gasteiger partial charge in [0.05, 0.1) is 18.3 Å². The van der Waals surface area contributed by atoms with Crippen LogP contribution in [0, 0.1) is 0 Å². The van der Waals surface area contributed by atoms with Gasteiger partial charge in [0.1, 0.15) is 11.5 Å². The van der Waals surface area contributed by atoms with Crippen LogP contribution in [-0.4, -0.2) is 32.3 Å². The van der Waals surface area contributed by atoms with E-state index in [4.69, 9.17) is 9.97 Å². The van der Waals surface area contributed by atoms with Gasteiger partial charge in [0, 0.05) is 25.2 Å². The van der Waals surface area contributed by atoms with Gasteiger partial charge >= 0.3 is 0 Å². The Morgan fingerprint density at radius 3 is 2.79 bits per heavy atom. The van der Waals surface area contributed by atoms with Crippen LogP contribution in [-0.2, 0) is 24.2 Å². The molecule has 1 aliphatic carbocycles. The molecule has 0 spiro atoms. The number of pyridine rings is 1. The summed E-state index contributed by atoms with van der Waals surface area (Å²) in [5, 5.41) is 3.70. The van der Waals surface area contributed by atoms with E-state index < -0.39 is 0 Å². The monoisotopic (exact) mass is 385 g/mol. The fraction of sp³-hybridized carbons (Fsp3) is 0.304. The first-order valence-corrected chi connectivity index (χ1v) is 10.1. The van der Waals surface area contributed by atoms with Crippen molar-refractivity contribution >= 4 is 11.7 Å². The molecule has 3 heterocycles. The maximum Gasteiger partial charge on any atom is 0.219 e. The van der Waals surface area contributed by atoms with Crippen molar-refractivity contribution in [3.63, 3.8) is 0 Å². The number of aryl methyl sites for hydroxylation is 1. The quantitative estimate of drug-likeness (QED) is 0.747. The molecule has 0 saturated heterocycles. The SMILES string of the molecule is CC(=O)N1CCc2c(nc(-c3ccccn3)nc2NC2CCc3ccccc32)C1. The highest BCUT2D eigenvalue weighted by Gasteiger charge is 2.27. The highest BCUT2D eigenvalue weighted by Crippen LogP contribution is 2.35. The molecule has 1 atom stereocenters. The molecular weight excluding hydrogens is 362 g/mol. The van der Waals surface area contributed by atoms with Crippen molar-refractivity contribution in [3.8, 4) is 11.5 Å². The molecule has 3 aromatic rings. The van der Waals surface area contributed by atoms with Crippen molar-refractivity contribution in [2.24, 2.45) is 0 Å². The summed E-state index contributed by atoms with van der Waals surface area (Å²) in [7, 11) is 0. The summed E-state index contributed by atoms with van der Waals surface area (Å²) in [6.45, 7) is 2.83. The number of fused-ring (bicyclic) bond motifs is 2. The zero-order valence-corrected chi connectivity index (χ0v) is 16.4. The van der Waals surface area contributed by atoms with Gasteiger partial charge in [-0.1, -0.05) is 30.3 Å². The molecule has 146 valence electrons. The molecule has 1 aromatic carbocycles. The Balaban J connectivity index is 1.55. The molecular formula is C23H23N5O. The maximum atomic E-state index is 11.9. The minimum Gasteiger partial charge on any atom is -0.363 e. The molecule has 0 fully saturated rings. The molecule has 1 amide bonds. The van der Waals surface area contributed by atoms with Gasteiger partial charge in [0.25, 0.3) is 0 Å². The molecule has 1 aliphatic heterocycles. The minimum absolute atomic E-state index is 0.0767. The molecule has 6 nitrogen and oxygen atoms in total. The number of carbonyl (C=O) groups excluding carboxylic acids is 1. The summed E-state index contributed by atoms with van der Waals surface area (Å²) in [5.41, 5.74) is 5.52. The van der Waals surface area contributed by atoms with Crippen molar-refractivity contribution in [2.75, 3.05) is 11.9 Å². The van der Waals surface area contributed by atoms with Crippen molar-refractivity contribution < 1.29 is 4.79 Å². The van der Waals surface area contributed by atoms with Crippen LogP contribution < -0.4 is 5.32 Å². The first kappa shape index (κ1) is 17.8. The number of amides is 1. The van der Waals surface area contributed by atoms with Gasteiger partial charge in [-0.3, -0.25) is 9.78 Å². The fourth-order valence-corrected chi connectivity index (χ4v) is 4.30. The number of hydrogen-bond donors (Lipinski definition) is 1. The number of rotatable bonds is 3. The smallest absolute Gasteiger partial charge is 0.219 e. The van der Waals surface area contributed by atoms with Crippen LogP contribution in [0.3, 0.4) is 0 Å². The lowest BCUT2D eigenvalue weighted by Gasteiger charge is -2.29. The molecule has 0 bridgehead atoms. The first-order valence-electron chi connectivity index (χ1n) is 10.1. The normalized spacial score (nSPS) is 17.6. The van der Waals surface area contributed by atoms with Crippen LogP contribution in [0.4, 0.5) is 5.82 Å². The average Bonchev–Trinajstić information content (AvgIpc) is 3.16. The Labute approximate surface area is 170 Å². The first-order chi connectivity index (χ1) is 14.2. The van der Waals surface area contributed by atoms with Gasteiger partial charge in [-0.05, 0) is 42.5 Å². The van der Waals surface area contributed by atoms with Gasteiger partial charge in [-0.15, -0.1) is 0 Å². The van der Waals surface area contributed by atoms with Crippen LogP contribution in [0.25, 0.3) is 11.5 Å². The fourth-order valence-electron chi connectivity index (χ4n) is 4.30. The van der Waals surface area contributed by atoms with Crippen LogP contribution >= 0.6 is 0 Å². The molecule has 0 radical (unpaired) electrons. The third kappa shape index (κ3) is 3.35. The second-order valence-electron chi connectivity index (χ2n) is 7.66. The van der Waals surface area contributed by atoms with E-state index in [-0.39, 0.29) is 11.9 Å². The number of benzene rings is 1. The zero-order valence-electron chi connectivity index (χ0n) is 16.4. The Hall–Kier alpha value is -3.28. The zero-order chi connectivity index (χ0) is 19.8. The largest absolute Gasteiger partial charge is 0.363 e. The number of nitrogens with zero attached hydrogens (tertiary/aromatic N) is 4. The number of carbonyl (C=O) groups is 1. The third-order valence-electron chi connectivity index (χ3n) is 5.85. The predicted octanol–water partition coefficient (Wildman–Crippen LogP) is 3.54. The molecule has 29 heavy (non-hydrogen) atoms. The summed E-state index contributed by atoms with van der Waals surface area (Å²) in [6.07, 6.45) is 4.64. The number of nitrogens with one attached hydrogen (secondary N) is 1. The molecule has 2 aromatic heterocycles. The van der Waals surface area contributed by atoms with E-state index in [2.05, 4.69) is 34.6 Å². The van der Waals surface area contributed by atoms with Crippen molar-refractivity contribution in [1.82, 2.24) is 19.9 Å². The summed E-state index contributed by atoms with van der Waals surface area (Å²) in [6, 6.07) is 14.6. The highest BCUT2D eigenvalue weighted by atomic mass is 16.2. The van der Waals surface area contributed by atoms with E-state index in [0.29, 0.717) is 18.9 Å². The summed E-state index contributed by atoms with van der Waals surface area (Å²) in [5.74, 6) is 1.55. The molecule has 6 heteroatoms. The van der Waals surface area contributed by atoms with E-state index in [0.717, 1.165) is 42.0 Å². The predicted molar refractivity (Wildman–Crippen MR) is 111 cm³/mol. The van der Waals surface area contributed by atoms with E-state index in [1.54, 1.807) is 13.1 Å². The molecule has 5 rings (SSSR count). The standard InChI is InChI=1S/C23H23N5O/c1-15(29)28-13-11-18-21(14-28)26-23(20-8-4-5-12-24-20)27-22(18)25-19-10-9-16-6-2-3-7-17(16)19/h2-8,12,19H,9-11,13-14H2,1H3,(H,25,26,27). The van der Waals surface area contributed by atoms with Crippen LogP contribution in [0.2, 0.25) is 0 Å². The van der Waals surface area contributed by atoms with Gasteiger partial charge in [-0.25, -0.2) is 9.97 Å². The van der Waals surface area contributed by atoms with E-state index in [9.17, 15) is 4.79 Å². The van der Waals surface area contributed by atoms with Gasteiger partial charge in [0.15, 0.2) is 5.82 Å². The summed E-state index contributed by atoms with van der Waals surface area (Å²) >= 11 is 0. The Bertz CT molecular complexity index is 1070. The minimum atomic E-state index is 0.0767. The average molecular weight is 385 g/mol. The van der Waals surface area contributed by atoms with E-state index >= 15 is 0 Å². The maximum absolute atomic E-state index is 11.9. The molecule has 1 unspecified atom stereocenters. The number of anilines is 1. The Morgan fingerprint density at radius 2 is 1.97 bits per heavy atom. The van der Waals surface area contributed by atoms with Gasteiger partial charge < -0.3 is 10.2 Å².